The lowest BCUT2D eigenvalue weighted by molar-refractivity contribution is 1.18. The van der Waals surface area contributed by atoms with Gasteiger partial charge in [0.15, 0.2) is 0 Å². The zero-order valence-corrected chi connectivity index (χ0v) is 22.5. The quantitative estimate of drug-likeness (QED) is 0.208. The van der Waals surface area contributed by atoms with E-state index >= 15 is 0 Å². The summed E-state index contributed by atoms with van der Waals surface area (Å²) in [4.78, 5) is 3.82. The van der Waals surface area contributed by atoms with E-state index in [0.29, 0.717) is 11.3 Å². The maximum atomic E-state index is 9.65. The van der Waals surface area contributed by atoms with E-state index in [4.69, 9.17) is 6.57 Å². The molecule has 0 fully saturated rings. The molecule has 6 aromatic carbocycles. The summed E-state index contributed by atoms with van der Waals surface area (Å²) in [6.45, 7) is 7.78. The van der Waals surface area contributed by atoms with E-state index in [-0.39, 0.29) is 0 Å². The first-order valence-electron chi connectivity index (χ1n) is 13.8. The van der Waals surface area contributed by atoms with E-state index in [1.165, 1.54) is 0 Å². The fourth-order valence-electron chi connectivity index (χ4n) is 6.36. The Morgan fingerprint density at radius 1 is 0.571 bits per heavy atom. The first kappa shape index (κ1) is 23.8. The Bertz CT molecular complexity index is 2430. The number of nitriles is 1. The van der Waals surface area contributed by atoms with Gasteiger partial charge in [0.25, 0.3) is 0 Å². The van der Waals surface area contributed by atoms with Gasteiger partial charge in [0.1, 0.15) is 0 Å². The Morgan fingerprint density at radius 3 is 2.12 bits per heavy atom. The van der Waals surface area contributed by atoms with Gasteiger partial charge < -0.3 is 9.13 Å². The summed E-state index contributed by atoms with van der Waals surface area (Å²) < 4.78 is 4.51. The average Bonchev–Trinajstić information content (AvgIpc) is 3.57. The molecule has 2 heterocycles. The molecule has 0 spiro atoms. The maximum Gasteiger partial charge on any atom is 0.210 e. The zero-order valence-electron chi connectivity index (χ0n) is 22.5. The summed E-state index contributed by atoms with van der Waals surface area (Å²) >= 11 is 0. The minimum atomic E-state index is 0.623. The second-order valence-electron chi connectivity index (χ2n) is 10.4. The fraction of sp³-hybridized carbons (Fsp3) is 0. The van der Waals surface area contributed by atoms with Crippen molar-refractivity contribution in [1.29, 1.82) is 5.26 Å². The summed E-state index contributed by atoms with van der Waals surface area (Å²) in [5, 5.41) is 14.1. The van der Waals surface area contributed by atoms with Crippen LogP contribution in [0, 0.1) is 17.9 Å². The number of nitrogens with zero attached hydrogens (tertiary/aromatic N) is 4. The number of para-hydroxylation sites is 5. The third-order valence-corrected chi connectivity index (χ3v) is 8.16. The highest BCUT2D eigenvalue weighted by Crippen LogP contribution is 2.41. The van der Waals surface area contributed by atoms with Gasteiger partial charge >= 0.3 is 0 Å². The molecule has 8 rings (SSSR count). The molecule has 0 unspecified atom stereocenters. The molecule has 4 nitrogen and oxygen atoms in total. The molecular formula is C38H22N4. The number of hydrogen-bond donors (Lipinski definition) is 0. The highest BCUT2D eigenvalue weighted by Gasteiger charge is 2.19. The zero-order chi connectivity index (χ0) is 28.2. The summed E-state index contributed by atoms with van der Waals surface area (Å²) in [6, 6.07) is 47.9. The predicted molar refractivity (Wildman–Crippen MR) is 172 cm³/mol. The third-order valence-electron chi connectivity index (χ3n) is 8.16. The molecule has 0 bridgehead atoms. The van der Waals surface area contributed by atoms with E-state index in [1.54, 1.807) is 0 Å². The molecule has 4 heteroatoms. The number of fused-ring (bicyclic) bond motifs is 6. The van der Waals surface area contributed by atoms with Crippen molar-refractivity contribution in [2.45, 2.75) is 0 Å². The Hall–Kier alpha value is -6.10. The van der Waals surface area contributed by atoms with Crippen molar-refractivity contribution in [2.75, 3.05) is 0 Å². The topological polar surface area (TPSA) is 38.0 Å². The van der Waals surface area contributed by atoms with Crippen LogP contribution in [-0.4, -0.2) is 9.13 Å². The molecule has 0 atom stereocenters. The fourth-order valence-corrected chi connectivity index (χ4v) is 6.36. The van der Waals surface area contributed by atoms with Crippen LogP contribution < -0.4 is 0 Å². The highest BCUT2D eigenvalue weighted by atomic mass is 15.0. The van der Waals surface area contributed by atoms with Crippen LogP contribution >= 0.6 is 0 Å². The first-order chi connectivity index (χ1) is 20.8. The Kier molecular flexibility index (Phi) is 5.22. The predicted octanol–water partition coefficient (Wildman–Crippen LogP) is 9.97. The summed E-state index contributed by atoms with van der Waals surface area (Å²) in [6.07, 6.45) is 0. The monoisotopic (exact) mass is 534 g/mol. The molecular weight excluding hydrogens is 512 g/mol. The largest absolute Gasteiger partial charge is 0.319 e. The first-order valence-corrected chi connectivity index (χ1v) is 13.8. The van der Waals surface area contributed by atoms with Gasteiger partial charge in [-0.25, -0.2) is 4.85 Å². The van der Waals surface area contributed by atoms with Crippen molar-refractivity contribution in [3.05, 3.63) is 150 Å². The van der Waals surface area contributed by atoms with E-state index in [1.807, 2.05) is 48.5 Å². The van der Waals surface area contributed by atoms with Crippen molar-refractivity contribution >= 4 is 49.3 Å². The van der Waals surface area contributed by atoms with Gasteiger partial charge in [0, 0.05) is 32.8 Å². The molecule has 0 aliphatic heterocycles. The molecule has 0 saturated carbocycles. The van der Waals surface area contributed by atoms with Crippen LogP contribution in [0.4, 0.5) is 5.69 Å². The van der Waals surface area contributed by atoms with Gasteiger partial charge in [-0.15, -0.1) is 0 Å². The third kappa shape index (κ3) is 3.40. The maximum absolute atomic E-state index is 9.65. The molecule has 0 aliphatic rings. The van der Waals surface area contributed by atoms with Crippen molar-refractivity contribution < 1.29 is 0 Å². The number of rotatable bonds is 3. The number of aromatic nitrogens is 2. The van der Waals surface area contributed by atoms with Crippen LogP contribution in [0.15, 0.2) is 133 Å². The van der Waals surface area contributed by atoms with Crippen LogP contribution in [0.2, 0.25) is 0 Å². The Labute approximate surface area is 242 Å². The molecule has 0 aliphatic carbocycles. The van der Waals surface area contributed by atoms with Crippen molar-refractivity contribution in [3.63, 3.8) is 0 Å². The summed E-state index contributed by atoms with van der Waals surface area (Å²) in [5.74, 6) is 0. The lowest BCUT2D eigenvalue weighted by Gasteiger charge is -2.12. The van der Waals surface area contributed by atoms with Crippen molar-refractivity contribution in [3.8, 4) is 28.6 Å². The van der Waals surface area contributed by atoms with Crippen LogP contribution in [0.5, 0.6) is 0 Å². The lowest BCUT2D eigenvalue weighted by Crippen LogP contribution is -1.95. The minimum Gasteiger partial charge on any atom is -0.319 e. The van der Waals surface area contributed by atoms with Crippen molar-refractivity contribution in [1.82, 2.24) is 9.13 Å². The minimum absolute atomic E-state index is 0.623. The molecule has 42 heavy (non-hydrogen) atoms. The number of hydrogen-bond acceptors (Lipinski definition) is 1. The number of benzene rings is 6. The van der Waals surface area contributed by atoms with Gasteiger partial charge in [-0.05, 0) is 60.2 Å². The standard InChI is InChI=1S/C38H22N4/c1-40-33-15-6-8-17-37(33)42-34-16-7-5-12-29(34)32-23-26(19-21-36(32)42)28-13-9-14-30-31-22-25(24-39)18-20-35(31)41(38(28)30)27-10-3-2-4-11-27/h2-23H. The van der Waals surface area contributed by atoms with Gasteiger partial charge in [0.05, 0.1) is 46.0 Å². The van der Waals surface area contributed by atoms with E-state index in [0.717, 1.165) is 66.1 Å². The lowest BCUT2D eigenvalue weighted by atomic mass is 9.99. The second kappa shape index (κ2) is 9.24. The Balaban J connectivity index is 1.46. The van der Waals surface area contributed by atoms with Crippen molar-refractivity contribution in [2.24, 2.45) is 0 Å². The molecule has 0 N–H and O–H groups in total. The van der Waals surface area contributed by atoms with Gasteiger partial charge in [-0.2, -0.15) is 5.26 Å². The van der Waals surface area contributed by atoms with Gasteiger partial charge in [-0.1, -0.05) is 78.9 Å². The summed E-state index contributed by atoms with van der Waals surface area (Å²) in [5.41, 5.74) is 9.75. The Morgan fingerprint density at radius 2 is 1.26 bits per heavy atom. The van der Waals surface area contributed by atoms with Crippen LogP contribution in [-0.2, 0) is 0 Å². The molecule has 2 aromatic heterocycles. The van der Waals surface area contributed by atoms with Gasteiger partial charge in [0.2, 0.25) is 5.69 Å². The van der Waals surface area contributed by atoms with E-state index < -0.39 is 0 Å². The second-order valence-corrected chi connectivity index (χ2v) is 10.4. The normalized spacial score (nSPS) is 11.3. The molecule has 0 amide bonds. The molecule has 0 radical (unpaired) electrons. The average molecular weight is 535 g/mol. The highest BCUT2D eigenvalue weighted by molar-refractivity contribution is 6.16. The van der Waals surface area contributed by atoms with Crippen LogP contribution in [0.25, 0.3) is 71.0 Å². The van der Waals surface area contributed by atoms with Gasteiger partial charge in [-0.3, -0.25) is 0 Å². The molecule has 0 saturated heterocycles. The van der Waals surface area contributed by atoms with E-state index in [2.05, 4.69) is 105 Å². The van der Waals surface area contributed by atoms with Crippen LogP contribution in [0.1, 0.15) is 5.56 Å². The van der Waals surface area contributed by atoms with E-state index in [9.17, 15) is 5.26 Å². The SMILES string of the molecule is [C-]#[N+]c1ccccc1-n1c2ccccc2c2cc(-c3cccc4c5cc(C#N)ccc5n(-c5ccccc5)c34)ccc21. The van der Waals surface area contributed by atoms with Crippen LogP contribution in [0.3, 0.4) is 0 Å². The smallest absolute Gasteiger partial charge is 0.210 e. The molecule has 194 valence electrons. The molecule has 8 aromatic rings. The summed E-state index contributed by atoms with van der Waals surface area (Å²) in [7, 11) is 0.